The summed E-state index contributed by atoms with van der Waals surface area (Å²) in [4.78, 5) is 17.9. The number of hydrogen-bond donors (Lipinski definition) is 0. The van der Waals surface area contributed by atoms with E-state index >= 15 is 0 Å². The van der Waals surface area contributed by atoms with Gasteiger partial charge in [-0.3, -0.25) is 0 Å². The maximum Gasteiger partial charge on any atom is 0.198 e. The Morgan fingerprint density at radius 1 is 0.500 bits per heavy atom. The lowest BCUT2D eigenvalue weighted by Gasteiger charge is -2.04. The summed E-state index contributed by atoms with van der Waals surface area (Å²) in [7, 11) is 7.19. The van der Waals surface area contributed by atoms with E-state index in [1.54, 1.807) is 21.6 Å². The molecular formula is C22H34N4S4. The van der Waals surface area contributed by atoms with Crippen LogP contribution in [0.2, 0.25) is 0 Å². The summed E-state index contributed by atoms with van der Waals surface area (Å²) in [5, 5.41) is 1.80. The summed E-state index contributed by atoms with van der Waals surface area (Å²) in [6.45, 7) is 8.12. The molecule has 0 radical (unpaired) electrons. The summed E-state index contributed by atoms with van der Waals surface area (Å²) >= 11 is 0. The van der Waals surface area contributed by atoms with Crippen LogP contribution in [0.5, 0.6) is 0 Å². The summed E-state index contributed by atoms with van der Waals surface area (Å²) in [5.41, 5.74) is 4.22. The van der Waals surface area contributed by atoms with Gasteiger partial charge in [-0.1, -0.05) is 60.1 Å². The molecule has 0 fully saturated rings. The fourth-order valence-corrected chi connectivity index (χ4v) is 7.07. The normalized spacial score (nSPS) is 11.2. The van der Waals surface area contributed by atoms with Crippen molar-refractivity contribution in [1.29, 1.82) is 0 Å². The van der Waals surface area contributed by atoms with Crippen LogP contribution in [0.15, 0.2) is 22.4 Å². The molecule has 0 N–H and O–H groups in total. The lowest BCUT2D eigenvalue weighted by Crippen LogP contribution is -1.91. The predicted octanol–water partition coefficient (Wildman–Crippen LogP) is 7.80. The van der Waals surface area contributed by atoms with E-state index in [1.807, 2.05) is 61.4 Å². The maximum atomic E-state index is 4.47. The predicted molar refractivity (Wildman–Crippen MR) is 137 cm³/mol. The summed E-state index contributed by atoms with van der Waals surface area (Å²) < 4.78 is 0. The molecule has 0 saturated heterocycles. The van der Waals surface area contributed by atoms with Gasteiger partial charge in [-0.25, -0.2) is 19.9 Å². The third-order valence-corrected chi connectivity index (χ3v) is 8.81. The van der Waals surface area contributed by atoms with E-state index in [9.17, 15) is 0 Å². The summed E-state index contributed by atoms with van der Waals surface area (Å²) in [5.74, 6) is 2.36. The fraction of sp³-hybridized carbons (Fsp3) is 0.636. The Labute approximate surface area is 198 Å². The Morgan fingerprint density at radius 2 is 0.800 bits per heavy atom. The van der Waals surface area contributed by atoms with Gasteiger partial charge in [0, 0.05) is 34.3 Å². The fourth-order valence-electron chi connectivity index (χ4n) is 3.03. The molecule has 4 nitrogen and oxygen atoms in total. The van der Waals surface area contributed by atoms with Gasteiger partial charge in [0.2, 0.25) is 0 Å². The highest BCUT2D eigenvalue weighted by atomic mass is 33.1. The number of rotatable bonds is 15. The molecule has 0 spiro atoms. The van der Waals surface area contributed by atoms with Gasteiger partial charge in [-0.2, -0.15) is 0 Å². The first-order chi connectivity index (χ1) is 14.5. The van der Waals surface area contributed by atoms with Crippen molar-refractivity contribution >= 4 is 43.2 Å². The zero-order valence-corrected chi connectivity index (χ0v) is 21.9. The molecule has 8 heteroatoms. The van der Waals surface area contributed by atoms with Crippen molar-refractivity contribution in [3.63, 3.8) is 0 Å². The molecule has 0 bridgehead atoms. The smallest absolute Gasteiger partial charge is 0.198 e. The van der Waals surface area contributed by atoms with Crippen LogP contribution in [-0.4, -0.2) is 31.4 Å². The lowest BCUT2D eigenvalue weighted by molar-refractivity contribution is 0.588. The van der Waals surface area contributed by atoms with E-state index in [0.29, 0.717) is 0 Å². The van der Waals surface area contributed by atoms with Gasteiger partial charge in [0.15, 0.2) is 10.3 Å². The average molecular weight is 483 g/mol. The average Bonchev–Trinajstić information content (AvgIpc) is 2.66. The second-order valence-corrected chi connectivity index (χ2v) is 12.3. The molecule has 0 aromatic carbocycles. The Bertz CT molecular complexity index is 654. The van der Waals surface area contributed by atoms with Crippen molar-refractivity contribution in [2.75, 3.05) is 11.5 Å². The molecule has 0 aliphatic rings. The molecule has 166 valence electrons. The largest absolute Gasteiger partial charge is 0.227 e. The van der Waals surface area contributed by atoms with Crippen LogP contribution in [-0.2, 0) is 0 Å². The number of hydrogen-bond acceptors (Lipinski definition) is 8. The number of nitrogens with zero attached hydrogens (tertiary/aromatic N) is 4. The minimum absolute atomic E-state index is 0.899. The van der Waals surface area contributed by atoms with Gasteiger partial charge in [0.05, 0.1) is 0 Å². The second-order valence-electron chi connectivity index (χ2n) is 7.51. The Hall–Kier alpha value is -0.440. The summed E-state index contributed by atoms with van der Waals surface area (Å²) in [6, 6.07) is 4.04. The number of aromatic nitrogens is 4. The molecule has 2 rings (SSSR count). The van der Waals surface area contributed by atoms with Gasteiger partial charge in [-0.15, -0.1) is 0 Å². The molecule has 0 unspecified atom stereocenters. The van der Waals surface area contributed by atoms with Crippen molar-refractivity contribution in [2.45, 2.75) is 89.4 Å². The Kier molecular flexibility index (Phi) is 13.2. The zero-order valence-electron chi connectivity index (χ0n) is 18.6. The van der Waals surface area contributed by atoms with E-state index in [4.69, 9.17) is 0 Å². The second kappa shape index (κ2) is 15.4. The van der Waals surface area contributed by atoms with Crippen LogP contribution in [0.25, 0.3) is 0 Å². The van der Waals surface area contributed by atoms with E-state index in [-0.39, 0.29) is 0 Å². The van der Waals surface area contributed by atoms with Crippen LogP contribution in [0, 0.1) is 27.7 Å². The first-order valence-electron chi connectivity index (χ1n) is 10.8. The van der Waals surface area contributed by atoms with Crippen LogP contribution < -0.4 is 0 Å². The summed E-state index contributed by atoms with van der Waals surface area (Å²) in [6.07, 6.45) is 10.7. The van der Waals surface area contributed by atoms with Gasteiger partial charge >= 0.3 is 0 Å². The Morgan fingerprint density at radius 3 is 1.13 bits per heavy atom. The molecule has 0 aliphatic carbocycles. The molecule has 2 heterocycles. The first-order valence-corrected chi connectivity index (χ1v) is 15.4. The zero-order chi connectivity index (χ0) is 21.6. The standard InChI is InChI=1S/C22H34N4S4/c1-17-15-18(2)24-21(23-17)29-27-13-11-9-7-5-6-8-10-12-14-28-30-22-25-19(3)16-20(4)26-22/h15-16H,5-14H2,1-4H3. The molecule has 0 aliphatic heterocycles. The van der Waals surface area contributed by atoms with Crippen molar-refractivity contribution in [2.24, 2.45) is 0 Å². The maximum absolute atomic E-state index is 4.47. The molecular weight excluding hydrogens is 449 g/mol. The van der Waals surface area contributed by atoms with Crippen molar-refractivity contribution in [1.82, 2.24) is 19.9 Å². The topological polar surface area (TPSA) is 51.6 Å². The van der Waals surface area contributed by atoms with Crippen LogP contribution >= 0.6 is 43.2 Å². The number of aryl methyl sites for hydroxylation is 4. The van der Waals surface area contributed by atoms with Crippen LogP contribution in [0.1, 0.15) is 74.1 Å². The van der Waals surface area contributed by atoms with E-state index < -0.39 is 0 Å². The van der Waals surface area contributed by atoms with Crippen LogP contribution in [0.4, 0.5) is 0 Å². The van der Waals surface area contributed by atoms with E-state index in [2.05, 4.69) is 19.9 Å². The molecule has 0 amide bonds. The molecule has 2 aromatic rings. The third kappa shape index (κ3) is 11.8. The van der Waals surface area contributed by atoms with Crippen molar-refractivity contribution in [3.05, 3.63) is 34.9 Å². The van der Waals surface area contributed by atoms with Crippen molar-refractivity contribution in [3.8, 4) is 0 Å². The number of unbranched alkanes of at least 4 members (excludes halogenated alkanes) is 7. The Balaban J connectivity index is 1.35. The van der Waals surface area contributed by atoms with Gasteiger partial charge in [-0.05, 0) is 74.3 Å². The molecule has 0 saturated carbocycles. The van der Waals surface area contributed by atoms with Crippen LogP contribution in [0.3, 0.4) is 0 Å². The third-order valence-electron chi connectivity index (χ3n) is 4.40. The van der Waals surface area contributed by atoms with Gasteiger partial charge in [0.1, 0.15) is 0 Å². The molecule has 30 heavy (non-hydrogen) atoms. The monoisotopic (exact) mass is 482 g/mol. The van der Waals surface area contributed by atoms with Gasteiger partial charge in [0.25, 0.3) is 0 Å². The van der Waals surface area contributed by atoms with Gasteiger partial charge < -0.3 is 0 Å². The molecule has 0 atom stereocenters. The first kappa shape index (κ1) is 25.8. The minimum atomic E-state index is 0.899. The molecule has 2 aromatic heterocycles. The quantitative estimate of drug-likeness (QED) is 0.145. The van der Waals surface area contributed by atoms with Crippen molar-refractivity contribution < 1.29 is 0 Å². The highest BCUT2D eigenvalue weighted by molar-refractivity contribution is 8.77. The highest BCUT2D eigenvalue weighted by Crippen LogP contribution is 2.30. The minimum Gasteiger partial charge on any atom is -0.227 e. The highest BCUT2D eigenvalue weighted by Gasteiger charge is 2.02. The lowest BCUT2D eigenvalue weighted by atomic mass is 10.1. The SMILES string of the molecule is Cc1cc(C)nc(SSCCCCCCCCCCSSc2nc(C)cc(C)n2)n1. The van der Waals surface area contributed by atoms with E-state index in [0.717, 1.165) is 33.1 Å². The van der Waals surface area contributed by atoms with E-state index in [1.165, 1.54) is 62.9 Å².